The van der Waals surface area contributed by atoms with Crippen molar-refractivity contribution in [1.82, 2.24) is 0 Å². The summed E-state index contributed by atoms with van der Waals surface area (Å²) < 4.78 is 30.1. The SMILES string of the molecule is O=C1C=CC(=N/C(=N\S(=O)(=O)c2ccc(Br)cc2)c2ccccc2)C=C1Cl. The summed E-state index contributed by atoms with van der Waals surface area (Å²) in [6, 6.07) is 14.8. The molecule has 3 rings (SSSR count). The Morgan fingerprint density at radius 2 is 1.63 bits per heavy atom. The highest BCUT2D eigenvalue weighted by Gasteiger charge is 2.16. The van der Waals surface area contributed by atoms with Crippen LogP contribution in [0.25, 0.3) is 0 Å². The molecule has 2 aromatic carbocycles. The van der Waals surface area contributed by atoms with Crippen LogP contribution < -0.4 is 0 Å². The monoisotopic (exact) mass is 462 g/mol. The van der Waals surface area contributed by atoms with Crippen molar-refractivity contribution in [3.63, 3.8) is 0 Å². The molecule has 8 heteroatoms. The maximum atomic E-state index is 12.7. The van der Waals surface area contributed by atoms with E-state index in [9.17, 15) is 13.2 Å². The van der Waals surface area contributed by atoms with E-state index in [0.717, 1.165) is 4.47 Å². The number of carbonyl (C=O) groups excluding carboxylic acids is 1. The summed E-state index contributed by atoms with van der Waals surface area (Å²) in [6.07, 6.45) is 4.10. The zero-order valence-electron chi connectivity index (χ0n) is 13.7. The number of aliphatic imine (C=N–C) groups is 1. The summed E-state index contributed by atoms with van der Waals surface area (Å²) in [6.45, 7) is 0. The Balaban J connectivity index is 2.11. The zero-order valence-corrected chi connectivity index (χ0v) is 16.9. The Morgan fingerprint density at radius 1 is 0.963 bits per heavy atom. The Bertz CT molecular complexity index is 1100. The molecule has 1 aliphatic carbocycles. The second kappa shape index (κ2) is 8.12. The lowest BCUT2D eigenvalue weighted by molar-refractivity contribution is -0.110. The number of amidine groups is 1. The maximum Gasteiger partial charge on any atom is 0.284 e. The average molecular weight is 464 g/mol. The maximum absolute atomic E-state index is 12.7. The number of hydrogen-bond donors (Lipinski definition) is 0. The van der Waals surface area contributed by atoms with Gasteiger partial charge in [0.15, 0.2) is 11.6 Å². The standard InChI is InChI=1S/C19H12BrClN2O3S/c20-14-6-9-16(10-7-14)27(25,26)23-19(13-4-2-1-3-5-13)22-15-8-11-18(24)17(21)12-15/h1-12H/b22-15?,23-19-. The number of rotatable bonds is 3. The molecule has 0 atom stereocenters. The van der Waals surface area contributed by atoms with Crippen LogP contribution in [-0.4, -0.2) is 25.7 Å². The molecule has 0 aromatic heterocycles. The van der Waals surface area contributed by atoms with Crippen molar-refractivity contribution in [2.75, 3.05) is 0 Å². The van der Waals surface area contributed by atoms with Crippen molar-refractivity contribution < 1.29 is 13.2 Å². The number of ketones is 1. The number of allylic oxidation sites excluding steroid dienone is 4. The lowest BCUT2D eigenvalue weighted by Gasteiger charge is -2.06. The van der Waals surface area contributed by atoms with Crippen LogP contribution in [0.5, 0.6) is 0 Å². The highest BCUT2D eigenvalue weighted by atomic mass is 79.9. The molecule has 1 aliphatic rings. The molecule has 136 valence electrons. The van der Waals surface area contributed by atoms with E-state index in [0.29, 0.717) is 11.3 Å². The Hall–Kier alpha value is -2.35. The van der Waals surface area contributed by atoms with E-state index in [1.165, 1.54) is 30.4 Å². The molecule has 0 aliphatic heterocycles. The Morgan fingerprint density at radius 3 is 2.26 bits per heavy atom. The van der Waals surface area contributed by atoms with Crippen LogP contribution >= 0.6 is 27.5 Å². The number of nitrogens with zero attached hydrogens (tertiary/aromatic N) is 2. The van der Waals surface area contributed by atoms with Gasteiger partial charge in [-0.3, -0.25) is 4.79 Å². The highest BCUT2D eigenvalue weighted by molar-refractivity contribution is 9.10. The van der Waals surface area contributed by atoms with Crippen molar-refractivity contribution >= 4 is 54.9 Å². The smallest absolute Gasteiger partial charge is 0.284 e. The molecule has 2 aromatic rings. The van der Waals surface area contributed by atoms with Gasteiger partial charge >= 0.3 is 0 Å². The van der Waals surface area contributed by atoms with E-state index < -0.39 is 10.0 Å². The molecule has 0 N–H and O–H groups in total. The number of hydrogen-bond acceptors (Lipinski definition) is 3. The van der Waals surface area contributed by atoms with E-state index in [1.54, 1.807) is 42.5 Å². The fraction of sp³-hybridized carbons (Fsp3) is 0. The predicted octanol–water partition coefficient (Wildman–Crippen LogP) is 4.29. The fourth-order valence-corrected chi connectivity index (χ4v) is 3.58. The van der Waals surface area contributed by atoms with Gasteiger partial charge in [-0.15, -0.1) is 4.40 Å². The van der Waals surface area contributed by atoms with Crippen molar-refractivity contribution in [3.05, 3.63) is 87.9 Å². The minimum atomic E-state index is -3.98. The molecule has 5 nitrogen and oxygen atoms in total. The number of carbonyl (C=O) groups is 1. The van der Waals surface area contributed by atoms with E-state index >= 15 is 0 Å². The molecule has 0 radical (unpaired) electrons. The molecule has 0 amide bonds. The molecular weight excluding hydrogens is 452 g/mol. The molecule has 0 spiro atoms. The summed E-state index contributed by atoms with van der Waals surface area (Å²) in [5.74, 6) is -0.343. The van der Waals surface area contributed by atoms with Gasteiger partial charge in [-0.2, -0.15) is 8.42 Å². The van der Waals surface area contributed by atoms with Crippen LogP contribution in [0.3, 0.4) is 0 Å². The van der Waals surface area contributed by atoms with E-state index in [2.05, 4.69) is 25.3 Å². The molecule has 0 unspecified atom stereocenters. The molecule has 0 saturated carbocycles. The summed E-state index contributed by atoms with van der Waals surface area (Å²) in [5, 5.41) is -0.000529. The van der Waals surface area contributed by atoms with Crippen LogP contribution in [-0.2, 0) is 14.8 Å². The van der Waals surface area contributed by atoms with E-state index in [-0.39, 0.29) is 21.5 Å². The van der Waals surface area contributed by atoms with Crippen molar-refractivity contribution in [3.8, 4) is 0 Å². The lowest BCUT2D eigenvalue weighted by Crippen LogP contribution is -2.09. The first kappa shape index (κ1) is 19.4. The van der Waals surface area contributed by atoms with Crippen LogP contribution in [0, 0.1) is 0 Å². The van der Waals surface area contributed by atoms with Crippen LogP contribution in [0.15, 0.2) is 96.6 Å². The topological polar surface area (TPSA) is 75.9 Å². The van der Waals surface area contributed by atoms with Crippen LogP contribution in [0.4, 0.5) is 0 Å². The van der Waals surface area contributed by atoms with Crippen molar-refractivity contribution in [2.45, 2.75) is 4.90 Å². The van der Waals surface area contributed by atoms with Gasteiger partial charge in [0, 0.05) is 10.0 Å². The number of halogens is 2. The van der Waals surface area contributed by atoms with Gasteiger partial charge in [0.05, 0.1) is 15.6 Å². The normalized spacial score (nSPS) is 16.5. The van der Waals surface area contributed by atoms with E-state index in [1.807, 2.05) is 0 Å². The third-order valence-electron chi connectivity index (χ3n) is 3.50. The molecule has 0 heterocycles. The first-order valence-electron chi connectivity index (χ1n) is 7.69. The van der Waals surface area contributed by atoms with Gasteiger partial charge in [0.2, 0.25) is 0 Å². The summed E-state index contributed by atoms with van der Waals surface area (Å²) >= 11 is 9.12. The summed E-state index contributed by atoms with van der Waals surface area (Å²) in [7, 11) is -3.98. The fourth-order valence-electron chi connectivity index (χ4n) is 2.18. The third kappa shape index (κ3) is 4.88. The quantitative estimate of drug-likeness (QED) is 0.387. The van der Waals surface area contributed by atoms with Gasteiger partial charge < -0.3 is 0 Å². The largest absolute Gasteiger partial charge is 0.288 e. The third-order valence-corrected chi connectivity index (χ3v) is 5.61. The van der Waals surface area contributed by atoms with Gasteiger partial charge in [-0.05, 0) is 42.5 Å². The predicted molar refractivity (Wildman–Crippen MR) is 110 cm³/mol. The van der Waals surface area contributed by atoms with Gasteiger partial charge in [0.1, 0.15) is 0 Å². The molecule has 0 bridgehead atoms. The highest BCUT2D eigenvalue weighted by Crippen LogP contribution is 2.19. The van der Waals surface area contributed by atoms with Gasteiger partial charge in [-0.25, -0.2) is 4.99 Å². The number of benzene rings is 2. The molecule has 0 fully saturated rings. The minimum absolute atomic E-state index is 0.000529. The minimum Gasteiger partial charge on any atom is -0.288 e. The average Bonchev–Trinajstić information content (AvgIpc) is 2.65. The Labute approximate surface area is 170 Å². The van der Waals surface area contributed by atoms with Gasteiger partial charge in [-0.1, -0.05) is 57.9 Å². The summed E-state index contributed by atoms with van der Waals surface area (Å²) in [4.78, 5) is 15.8. The second-order valence-corrected chi connectivity index (χ2v) is 8.36. The van der Waals surface area contributed by atoms with Crippen LogP contribution in [0.2, 0.25) is 0 Å². The molecule has 0 saturated heterocycles. The first-order valence-corrected chi connectivity index (χ1v) is 10.3. The van der Waals surface area contributed by atoms with Crippen molar-refractivity contribution in [1.29, 1.82) is 0 Å². The summed E-state index contributed by atoms with van der Waals surface area (Å²) in [5.41, 5.74) is 0.841. The molecule has 27 heavy (non-hydrogen) atoms. The number of sulfonamides is 1. The van der Waals surface area contributed by atoms with Gasteiger partial charge in [0.25, 0.3) is 10.0 Å². The van der Waals surface area contributed by atoms with Crippen molar-refractivity contribution in [2.24, 2.45) is 9.39 Å². The zero-order chi connectivity index (χ0) is 19.4. The first-order chi connectivity index (χ1) is 12.8. The second-order valence-electron chi connectivity index (χ2n) is 5.44. The van der Waals surface area contributed by atoms with E-state index in [4.69, 9.17) is 11.6 Å². The Kier molecular flexibility index (Phi) is 5.84. The molecular formula is C19H12BrClN2O3S. The van der Waals surface area contributed by atoms with Crippen LogP contribution in [0.1, 0.15) is 5.56 Å². The lowest BCUT2D eigenvalue weighted by atomic mass is 10.1.